The quantitative estimate of drug-likeness (QED) is 0.312. The van der Waals surface area contributed by atoms with Gasteiger partial charge in [-0.2, -0.15) is 0 Å². The Bertz CT molecular complexity index is 1210. The van der Waals surface area contributed by atoms with Crippen LogP contribution < -0.4 is 9.80 Å². The Morgan fingerprint density at radius 2 is 1.51 bits per heavy atom. The van der Waals surface area contributed by atoms with Gasteiger partial charge in [0.25, 0.3) is 0 Å². The van der Waals surface area contributed by atoms with E-state index in [1.165, 1.54) is 24.1 Å². The molecular weight excluding hydrogens is 503 g/mol. The summed E-state index contributed by atoms with van der Waals surface area (Å²) in [4.78, 5) is 21.9. The number of amides is 1. The minimum Gasteiger partial charge on any atom is -0.378 e. The summed E-state index contributed by atoms with van der Waals surface area (Å²) in [5.41, 5.74) is 5.50. The summed E-state index contributed by atoms with van der Waals surface area (Å²) in [6.07, 6.45) is 2.42. The third kappa shape index (κ3) is 6.78. The van der Waals surface area contributed by atoms with Crippen molar-refractivity contribution in [2.75, 3.05) is 64.2 Å². The number of halogens is 2. The molecule has 7 heteroatoms. The zero-order valence-corrected chi connectivity index (χ0v) is 23.6. The van der Waals surface area contributed by atoms with Crippen LogP contribution in [0.5, 0.6) is 0 Å². The summed E-state index contributed by atoms with van der Waals surface area (Å²) in [6.45, 7) is 3.22. The lowest BCUT2D eigenvalue weighted by Gasteiger charge is -2.33. The summed E-state index contributed by atoms with van der Waals surface area (Å²) < 4.78 is 0. The zero-order chi connectivity index (χ0) is 26.5. The van der Waals surface area contributed by atoms with Gasteiger partial charge in [0, 0.05) is 46.1 Å². The van der Waals surface area contributed by atoms with Gasteiger partial charge in [-0.05, 0) is 79.0 Å². The minimum atomic E-state index is -0.0474. The fourth-order valence-electron chi connectivity index (χ4n) is 4.84. The molecule has 196 valence electrons. The van der Waals surface area contributed by atoms with Gasteiger partial charge in [0.15, 0.2) is 0 Å². The molecule has 4 rings (SSSR count). The molecule has 1 fully saturated rings. The Labute approximate surface area is 231 Å². The Hall–Kier alpha value is -2.73. The number of benzene rings is 3. The number of carbonyl (C=O) groups excluding carboxylic acids is 1. The second-order valence-electron chi connectivity index (χ2n) is 10.0. The van der Waals surface area contributed by atoms with Gasteiger partial charge in [0.05, 0.1) is 22.6 Å². The lowest BCUT2D eigenvalue weighted by molar-refractivity contribution is -0.131. The molecule has 1 heterocycles. The van der Waals surface area contributed by atoms with E-state index in [0.717, 1.165) is 36.4 Å². The van der Waals surface area contributed by atoms with Crippen LogP contribution in [-0.4, -0.2) is 70.1 Å². The zero-order valence-electron chi connectivity index (χ0n) is 22.1. The number of hydrogen-bond acceptors (Lipinski definition) is 4. The van der Waals surface area contributed by atoms with Gasteiger partial charge >= 0.3 is 0 Å². The van der Waals surface area contributed by atoms with Crippen LogP contribution in [0.15, 0.2) is 66.7 Å². The summed E-state index contributed by atoms with van der Waals surface area (Å²) in [5.74, 6) is 0.0542. The fourth-order valence-corrected chi connectivity index (χ4v) is 5.13. The maximum absolute atomic E-state index is 13.5. The number of likely N-dealkylation sites (tertiary alicyclic amines) is 1. The highest BCUT2D eigenvalue weighted by molar-refractivity contribution is 6.42. The smallest absolute Gasteiger partial charge is 0.242 e. The lowest BCUT2D eigenvalue weighted by atomic mass is 9.98. The summed E-state index contributed by atoms with van der Waals surface area (Å²) in [5, 5.41) is 0.985. The first-order chi connectivity index (χ1) is 17.7. The molecule has 5 nitrogen and oxygen atoms in total. The molecule has 0 saturated carbocycles. The third-order valence-corrected chi connectivity index (χ3v) is 7.93. The van der Waals surface area contributed by atoms with Gasteiger partial charge in [-0.25, -0.2) is 0 Å². The Morgan fingerprint density at radius 1 is 0.838 bits per heavy atom. The number of hydrogen-bond donors (Lipinski definition) is 0. The van der Waals surface area contributed by atoms with Crippen LogP contribution in [0.4, 0.5) is 11.4 Å². The first kappa shape index (κ1) is 27.3. The van der Waals surface area contributed by atoms with Crippen molar-refractivity contribution in [3.8, 4) is 11.1 Å². The predicted octanol–water partition coefficient (Wildman–Crippen LogP) is 6.46. The van der Waals surface area contributed by atoms with Crippen LogP contribution in [0, 0.1) is 0 Å². The molecule has 0 radical (unpaired) electrons. The van der Waals surface area contributed by atoms with Crippen molar-refractivity contribution < 1.29 is 4.79 Å². The summed E-state index contributed by atoms with van der Waals surface area (Å²) in [7, 11) is 7.91. The standard InChI is InChI=1S/C30H36Cl2N4O/c1-33(2)25-12-10-22(11-13-25)23-8-7-9-24(18-23)29(20-36-16-5-6-17-36)35(4)30(37)21-34(3)26-14-15-27(31)28(32)19-26/h7-15,18-19,29H,5-6,16-17,20-21H2,1-4H3. The molecule has 1 amide bonds. The first-order valence-electron chi connectivity index (χ1n) is 12.7. The molecule has 1 unspecified atom stereocenters. The lowest BCUT2D eigenvalue weighted by Crippen LogP contribution is -2.42. The maximum Gasteiger partial charge on any atom is 0.242 e. The molecular formula is C30H36Cl2N4O. The van der Waals surface area contributed by atoms with Crippen molar-refractivity contribution >= 4 is 40.5 Å². The average molecular weight is 540 g/mol. The Morgan fingerprint density at radius 3 is 2.16 bits per heavy atom. The van der Waals surface area contributed by atoms with E-state index in [2.05, 4.69) is 58.3 Å². The summed E-state index contributed by atoms with van der Waals surface area (Å²) >= 11 is 12.3. The number of rotatable bonds is 9. The van der Waals surface area contributed by atoms with E-state index >= 15 is 0 Å². The topological polar surface area (TPSA) is 30.0 Å². The molecule has 3 aromatic rings. The maximum atomic E-state index is 13.5. The van der Waals surface area contributed by atoms with Gasteiger partial charge < -0.3 is 19.6 Å². The SMILES string of the molecule is CN(C)c1ccc(-c2cccc(C(CN3CCCC3)N(C)C(=O)CN(C)c3ccc(Cl)c(Cl)c3)c2)cc1. The van der Waals surface area contributed by atoms with Crippen molar-refractivity contribution in [2.45, 2.75) is 18.9 Å². The van der Waals surface area contributed by atoms with E-state index in [1.807, 2.05) is 44.1 Å². The Balaban J connectivity index is 1.57. The number of anilines is 2. The molecule has 1 saturated heterocycles. The van der Waals surface area contributed by atoms with Crippen LogP contribution in [-0.2, 0) is 4.79 Å². The van der Waals surface area contributed by atoms with E-state index in [9.17, 15) is 4.79 Å². The molecule has 0 aromatic heterocycles. The van der Waals surface area contributed by atoms with Gasteiger partial charge in [-0.1, -0.05) is 53.5 Å². The van der Waals surface area contributed by atoms with Crippen molar-refractivity contribution in [3.63, 3.8) is 0 Å². The predicted molar refractivity (Wildman–Crippen MR) is 157 cm³/mol. The van der Waals surface area contributed by atoms with Crippen LogP contribution in [0.2, 0.25) is 10.0 Å². The van der Waals surface area contributed by atoms with E-state index in [-0.39, 0.29) is 18.5 Å². The van der Waals surface area contributed by atoms with Crippen LogP contribution >= 0.6 is 23.2 Å². The highest BCUT2D eigenvalue weighted by Crippen LogP contribution is 2.30. The molecule has 0 bridgehead atoms. The third-order valence-electron chi connectivity index (χ3n) is 7.20. The van der Waals surface area contributed by atoms with E-state index < -0.39 is 0 Å². The highest BCUT2D eigenvalue weighted by atomic mass is 35.5. The van der Waals surface area contributed by atoms with Crippen molar-refractivity contribution in [2.24, 2.45) is 0 Å². The molecule has 3 aromatic carbocycles. The highest BCUT2D eigenvalue weighted by Gasteiger charge is 2.26. The van der Waals surface area contributed by atoms with Crippen molar-refractivity contribution in [3.05, 3.63) is 82.3 Å². The van der Waals surface area contributed by atoms with Gasteiger partial charge in [0.2, 0.25) is 5.91 Å². The molecule has 1 aliphatic rings. The monoisotopic (exact) mass is 538 g/mol. The van der Waals surface area contributed by atoms with E-state index in [0.29, 0.717) is 10.0 Å². The molecule has 0 N–H and O–H groups in total. The van der Waals surface area contributed by atoms with E-state index in [1.54, 1.807) is 12.1 Å². The largest absolute Gasteiger partial charge is 0.378 e. The van der Waals surface area contributed by atoms with Gasteiger partial charge in [-0.15, -0.1) is 0 Å². The average Bonchev–Trinajstić information content (AvgIpc) is 3.42. The summed E-state index contributed by atoms with van der Waals surface area (Å²) in [6, 6.07) is 22.6. The first-order valence-corrected chi connectivity index (χ1v) is 13.5. The fraction of sp³-hybridized carbons (Fsp3) is 0.367. The van der Waals surface area contributed by atoms with Crippen LogP contribution in [0.1, 0.15) is 24.4 Å². The Kier molecular flexibility index (Phi) is 9.01. The second-order valence-corrected chi connectivity index (χ2v) is 10.9. The molecule has 1 aliphatic heterocycles. The molecule has 37 heavy (non-hydrogen) atoms. The number of likely N-dealkylation sites (N-methyl/N-ethyl adjacent to an activating group) is 2. The molecule has 1 atom stereocenters. The van der Waals surface area contributed by atoms with Crippen LogP contribution in [0.3, 0.4) is 0 Å². The minimum absolute atomic E-state index is 0.0474. The molecule has 0 spiro atoms. The van der Waals surface area contributed by atoms with Crippen LogP contribution in [0.25, 0.3) is 11.1 Å². The van der Waals surface area contributed by atoms with Gasteiger partial charge in [0.1, 0.15) is 0 Å². The van der Waals surface area contributed by atoms with Gasteiger partial charge in [-0.3, -0.25) is 4.79 Å². The van der Waals surface area contributed by atoms with E-state index in [4.69, 9.17) is 23.2 Å². The second kappa shape index (κ2) is 12.2. The van der Waals surface area contributed by atoms with Crippen molar-refractivity contribution in [1.29, 1.82) is 0 Å². The van der Waals surface area contributed by atoms with Crippen molar-refractivity contribution in [1.82, 2.24) is 9.80 Å². The molecule has 0 aliphatic carbocycles. The number of nitrogens with zero attached hydrogens (tertiary/aromatic N) is 4. The normalized spacial score (nSPS) is 14.4. The number of carbonyl (C=O) groups is 1.